The molecule has 1 aliphatic carbocycles. The van der Waals surface area contributed by atoms with Crippen LogP contribution in [0.2, 0.25) is 19.6 Å². The molecule has 22 heavy (non-hydrogen) atoms. The maximum absolute atomic E-state index is 5.27. The summed E-state index contributed by atoms with van der Waals surface area (Å²) in [4.78, 5) is 0. The number of hydrogen-bond donors (Lipinski definition) is 0. The van der Waals surface area contributed by atoms with Crippen molar-refractivity contribution in [1.29, 1.82) is 0 Å². The Morgan fingerprint density at radius 3 is 2.27 bits per heavy atom. The molecular weight excluding hydrogens is 284 g/mol. The summed E-state index contributed by atoms with van der Waals surface area (Å²) in [6.45, 7) is 7.35. The molecule has 0 aromatic heterocycles. The van der Waals surface area contributed by atoms with Crippen molar-refractivity contribution >= 4 is 14.1 Å². The van der Waals surface area contributed by atoms with Crippen LogP contribution in [0.3, 0.4) is 0 Å². The van der Waals surface area contributed by atoms with Gasteiger partial charge in [0.1, 0.15) is 5.75 Å². The Balaban J connectivity index is 1.94. The van der Waals surface area contributed by atoms with Gasteiger partial charge in [-0.15, -0.1) is 0 Å². The SMILES string of the molecule is COc1ccc(CC2C([Si](C)(C)C)=Cc3ccccc32)cc1. The highest BCUT2D eigenvalue weighted by molar-refractivity contribution is 6.84. The first-order valence-corrected chi connectivity index (χ1v) is 11.4. The third-order valence-electron chi connectivity index (χ3n) is 4.52. The maximum Gasteiger partial charge on any atom is 0.118 e. The molecule has 0 amide bonds. The molecule has 0 bridgehead atoms. The van der Waals surface area contributed by atoms with E-state index in [1.807, 2.05) is 0 Å². The van der Waals surface area contributed by atoms with Crippen LogP contribution in [0.15, 0.2) is 53.7 Å². The van der Waals surface area contributed by atoms with E-state index in [0.29, 0.717) is 5.92 Å². The van der Waals surface area contributed by atoms with Crippen molar-refractivity contribution in [1.82, 2.24) is 0 Å². The van der Waals surface area contributed by atoms with Crippen LogP contribution in [0.4, 0.5) is 0 Å². The molecule has 0 fully saturated rings. The molecule has 0 N–H and O–H groups in total. The summed E-state index contributed by atoms with van der Waals surface area (Å²) >= 11 is 0. The second-order valence-electron chi connectivity index (χ2n) is 7.08. The molecule has 0 saturated heterocycles. The predicted octanol–water partition coefficient (Wildman–Crippen LogP) is 5.30. The minimum atomic E-state index is -1.32. The summed E-state index contributed by atoms with van der Waals surface area (Å²) in [5, 5.41) is 1.67. The van der Waals surface area contributed by atoms with Gasteiger partial charge in [0.15, 0.2) is 0 Å². The molecule has 1 atom stereocenters. The number of benzene rings is 2. The molecule has 2 heteroatoms. The van der Waals surface area contributed by atoms with Crippen LogP contribution in [0, 0.1) is 0 Å². The standard InChI is InChI=1S/C20H24OSi/c1-21-17-11-9-15(10-12-17)13-19-18-8-6-5-7-16(18)14-20(19)22(2,3)4/h5-12,14,19H,13H2,1-4H3. The quantitative estimate of drug-likeness (QED) is 0.697. The van der Waals surface area contributed by atoms with Gasteiger partial charge in [0, 0.05) is 5.92 Å². The van der Waals surface area contributed by atoms with Crippen molar-refractivity contribution in [2.24, 2.45) is 0 Å². The highest BCUT2D eigenvalue weighted by atomic mass is 28.3. The monoisotopic (exact) mass is 308 g/mol. The number of rotatable bonds is 4. The molecule has 0 saturated carbocycles. The van der Waals surface area contributed by atoms with E-state index in [0.717, 1.165) is 12.2 Å². The molecule has 0 heterocycles. The lowest BCUT2D eigenvalue weighted by molar-refractivity contribution is 0.414. The van der Waals surface area contributed by atoms with E-state index in [1.165, 1.54) is 16.7 Å². The van der Waals surface area contributed by atoms with E-state index >= 15 is 0 Å². The molecule has 114 valence electrons. The van der Waals surface area contributed by atoms with Crippen LogP contribution < -0.4 is 4.74 Å². The summed E-state index contributed by atoms with van der Waals surface area (Å²) in [6.07, 6.45) is 3.53. The van der Waals surface area contributed by atoms with Crippen molar-refractivity contribution in [3.63, 3.8) is 0 Å². The fourth-order valence-corrected chi connectivity index (χ4v) is 5.24. The average Bonchev–Trinajstić information content (AvgIpc) is 2.87. The van der Waals surface area contributed by atoms with Crippen LogP contribution in [0.1, 0.15) is 22.6 Å². The fraction of sp³-hybridized carbons (Fsp3) is 0.300. The summed E-state index contributed by atoms with van der Waals surface area (Å²) < 4.78 is 5.27. The highest BCUT2D eigenvalue weighted by Crippen LogP contribution is 2.42. The number of methoxy groups -OCH3 is 1. The maximum atomic E-state index is 5.27. The van der Waals surface area contributed by atoms with Gasteiger partial charge in [0.05, 0.1) is 15.2 Å². The van der Waals surface area contributed by atoms with E-state index < -0.39 is 8.07 Å². The van der Waals surface area contributed by atoms with E-state index in [1.54, 1.807) is 12.3 Å². The van der Waals surface area contributed by atoms with Crippen LogP contribution >= 0.6 is 0 Å². The zero-order chi connectivity index (χ0) is 15.7. The number of allylic oxidation sites excluding steroid dienone is 1. The second kappa shape index (κ2) is 5.77. The highest BCUT2D eigenvalue weighted by Gasteiger charge is 2.33. The lowest BCUT2D eigenvalue weighted by Crippen LogP contribution is -2.27. The first-order chi connectivity index (χ1) is 10.5. The molecular formula is C20H24OSi. The van der Waals surface area contributed by atoms with E-state index in [-0.39, 0.29) is 0 Å². The summed E-state index contributed by atoms with van der Waals surface area (Å²) in [7, 11) is 0.396. The number of fused-ring (bicyclic) bond motifs is 1. The van der Waals surface area contributed by atoms with Gasteiger partial charge in [0.2, 0.25) is 0 Å². The van der Waals surface area contributed by atoms with Crippen molar-refractivity contribution in [2.45, 2.75) is 32.0 Å². The topological polar surface area (TPSA) is 9.23 Å². The van der Waals surface area contributed by atoms with E-state index in [4.69, 9.17) is 4.74 Å². The zero-order valence-electron chi connectivity index (χ0n) is 13.9. The Morgan fingerprint density at radius 1 is 0.955 bits per heavy atom. The van der Waals surface area contributed by atoms with Crippen LogP contribution in [-0.2, 0) is 6.42 Å². The minimum Gasteiger partial charge on any atom is -0.497 e. The molecule has 1 aliphatic rings. The number of ether oxygens (including phenoxy) is 1. The third-order valence-corrected chi connectivity index (χ3v) is 6.75. The van der Waals surface area contributed by atoms with Crippen molar-refractivity contribution in [3.8, 4) is 5.75 Å². The first kappa shape index (κ1) is 15.1. The van der Waals surface area contributed by atoms with E-state index in [9.17, 15) is 0 Å². The Morgan fingerprint density at radius 2 is 1.64 bits per heavy atom. The normalized spacial score (nSPS) is 17.1. The molecule has 2 aromatic rings. The van der Waals surface area contributed by atoms with Gasteiger partial charge in [-0.25, -0.2) is 0 Å². The second-order valence-corrected chi connectivity index (χ2v) is 12.2. The van der Waals surface area contributed by atoms with Crippen LogP contribution in [0.25, 0.3) is 6.08 Å². The zero-order valence-corrected chi connectivity index (χ0v) is 14.9. The van der Waals surface area contributed by atoms with Gasteiger partial charge < -0.3 is 4.74 Å². The lowest BCUT2D eigenvalue weighted by atomic mass is 9.93. The Labute approximate surface area is 134 Å². The molecule has 1 unspecified atom stereocenters. The van der Waals surface area contributed by atoms with Crippen LogP contribution in [0.5, 0.6) is 5.75 Å². The molecule has 2 aromatic carbocycles. The molecule has 0 aliphatic heterocycles. The van der Waals surface area contributed by atoms with Crippen LogP contribution in [-0.4, -0.2) is 15.2 Å². The van der Waals surface area contributed by atoms with Gasteiger partial charge in [-0.2, -0.15) is 0 Å². The predicted molar refractivity (Wildman–Crippen MR) is 97.2 cm³/mol. The molecule has 1 nitrogen and oxygen atoms in total. The Bertz CT molecular complexity index is 692. The third kappa shape index (κ3) is 2.88. The lowest BCUT2D eigenvalue weighted by Gasteiger charge is -2.26. The van der Waals surface area contributed by atoms with Gasteiger partial charge in [-0.05, 0) is 35.2 Å². The average molecular weight is 308 g/mol. The fourth-order valence-electron chi connectivity index (χ4n) is 3.35. The number of hydrogen-bond acceptors (Lipinski definition) is 1. The minimum absolute atomic E-state index is 0.538. The summed E-state index contributed by atoms with van der Waals surface area (Å²) in [6, 6.07) is 17.4. The van der Waals surface area contributed by atoms with Gasteiger partial charge >= 0.3 is 0 Å². The molecule has 0 spiro atoms. The molecule has 3 rings (SSSR count). The van der Waals surface area contributed by atoms with Gasteiger partial charge in [-0.3, -0.25) is 0 Å². The largest absolute Gasteiger partial charge is 0.497 e. The summed E-state index contributed by atoms with van der Waals surface area (Å²) in [5.41, 5.74) is 4.29. The Kier molecular flexibility index (Phi) is 3.96. The van der Waals surface area contributed by atoms with Gasteiger partial charge in [-0.1, -0.05) is 67.3 Å². The Hall–Kier alpha value is -1.80. The molecule has 0 radical (unpaired) electrons. The van der Waals surface area contributed by atoms with Crippen molar-refractivity contribution in [2.75, 3.05) is 7.11 Å². The smallest absolute Gasteiger partial charge is 0.118 e. The first-order valence-electron chi connectivity index (χ1n) is 7.93. The van der Waals surface area contributed by atoms with E-state index in [2.05, 4.69) is 74.2 Å². The van der Waals surface area contributed by atoms with Crippen molar-refractivity contribution in [3.05, 3.63) is 70.4 Å². The van der Waals surface area contributed by atoms with Crippen molar-refractivity contribution < 1.29 is 4.74 Å². The summed E-state index contributed by atoms with van der Waals surface area (Å²) in [5.74, 6) is 1.47. The van der Waals surface area contributed by atoms with Gasteiger partial charge in [0.25, 0.3) is 0 Å².